The number of carboxylic acid groups (broad SMARTS) is 1. The number of benzene rings is 1. The largest absolute Gasteiger partial charge is 0.480 e. The number of aliphatic carboxylic acids is 1. The number of nitrogens with one attached hydrogen (secondary N) is 1. The molecule has 0 saturated carbocycles. The molecule has 0 heterocycles. The van der Waals surface area contributed by atoms with Gasteiger partial charge in [0.15, 0.2) is 0 Å². The SMILES string of the molecule is CCC(Nc1ccc(Br)cc1)C(=O)O. The lowest BCUT2D eigenvalue weighted by Crippen LogP contribution is -2.28. The first-order valence-corrected chi connectivity index (χ1v) is 5.17. The van der Waals surface area contributed by atoms with Crippen LogP contribution in [0.4, 0.5) is 5.69 Å². The van der Waals surface area contributed by atoms with E-state index in [0.29, 0.717) is 6.42 Å². The zero-order valence-corrected chi connectivity index (χ0v) is 9.41. The van der Waals surface area contributed by atoms with Crippen molar-refractivity contribution in [1.29, 1.82) is 0 Å². The van der Waals surface area contributed by atoms with Crippen LogP contribution in [-0.4, -0.2) is 17.1 Å². The Labute approximate surface area is 91.3 Å². The van der Waals surface area contributed by atoms with Gasteiger partial charge in [-0.05, 0) is 30.7 Å². The van der Waals surface area contributed by atoms with Crippen LogP contribution >= 0.6 is 15.9 Å². The highest BCUT2D eigenvalue weighted by atomic mass is 79.9. The van der Waals surface area contributed by atoms with Crippen molar-refractivity contribution in [2.45, 2.75) is 19.4 Å². The highest BCUT2D eigenvalue weighted by molar-refractivity contribution is 9.10. The number of hydrogen-bond donors (Lipinski definition) is 2. The van der Waals surface area contributed by atoms with Crippen molar-refractivity contribution in [3.05, 3.63) is 28.7 Å². The van der Waals surface area contributed by atoms with E-state index in [2.05, 4.69) is 21.2 Å². The Bertz CT molecular complexity index is 310. The van der Waals surface area contributed by atoms with Crippen molar-refractivity contribution in [2.24, 2.45) is 0 Å². The molecule has 0 amide bonds. The Morgan fingerprint density at radius 2 is 2.07 bits per heavy atom. The number of hydrogen-bond acceptors (Lipinski definition) is 2. The topological polar surface area (TPSA) is 49.3 Å². The van der Waals surface area contributed by atoms with E-state index in [0.717, 1.165) is 10.2 Å². The third-order valence-corrected chi connectivity index (χ3v) is 2.42. The van der Waals surface area contributed by atoms with Gasteiger partial charge in [-0.1, -0.05) is 22.9 Å². The number of halogens is 1. The van der Waals surface area contributed by atoms with Gasteiger partial charge in [0.05, 0.1) is 0 Å². The molecular weight excluding hydrogens is 246 g/mol. The maximum Gasteiger partial charge on any atom is 0.326 e. The van der Waals surface area contributed by atoms with Crippen LogP contribution in [0.1, 0.15) is 13.3 Å². The van der Waals surface area contributed by atoms with E-state index >= 15 is 0 Å². The van der Waals surface area contributed by atoms with Crippen molar-refractivity contribution in [1.82, 2.24) is 0 Å². The standard InChI is InChI=1S/C10H12BrNO2/c1-2-9(10(13)14)12-8-5-3-7(11)4-6-8/h3-6,9,12H,2H2,1H3,(H,13,14). The summed E-state index contributed by atoms with van der Waals surface area (Å²) in [6.45, 7) is 1.84. The van der Waals surface area contributed by atoms with Crippen LogP contribution in [0.15, 0.2) is 28.7 Å². The van der Waals surface area contributed by atoms with Gasteiger partial charge in [0, 0.05) is 10.2 Å². The van der Waals surface area contributed by atoms with E-state index in [1.165, 1.54) is 0 Å². The fourth-order valence-corrected chi connectivity index (χ4v) is 1.35. The summed E-state index contributed by atoms with van der Waals surface area (Å²) in [4.78, 5) is 10.7. The Morgan fingerprint density at radius 3 is 2.50 bits per heavy atom. The molecule has 3 nitrogen and oxygen atoms in total. The second kappa shape index (κ2) is 5.00. The Hall–Kier alpha value is -1.03. The van der Waals surface area contributed by atoms with Crippen LogP contribution in [0.3, 0.4) is 0 Å². The summed E-state index contributed by atoms with van der Waals surface area (Å²) in [5.41, 5.74) is 0.822. The van der Waals surface area contributed by atoms with E-state index in [1.54, 1.807) is 0 Å². The van der Waals surface area contributed by atoms with Gasteiger partial charge in [-0.15, -0.1) is 0 Å². The molecule has 0 aliphatic carbocycles. The van der Waals surface area contributed by atoms with Gasteiger partial charge in [-0.25, -0.2) is 4.79 Å². The minimum absolute atomic E-state index is 0.517. The second-order valence-corrected chi connectivity index (χ2v) is 3.87. The first-order chi connectivity index (χ1) is 6.63. The van der Waals surface area contributed by atoms with Crippen LogP contribution in [0.2, 0.25) is 0 Å². The Kier molecular flexibility index (Phi) is 3.95. The molecule has 4 heteroatoms. The van der Waals surface area contributed by atoms with Gasteiger partial charge >= 0.3 is 5.97 Å². The lowest BCUT2D eigenvalue weighted by Gasteiger charge is -2.13. The van der Waals surface area contributed by atoms with Crippen molar-refractivity contribution in [2.75, 3.05) is 5.32 Å². The molecule has 1 atom stereocenters. The zero-order chi connectivity index (χ0) is 10.6. The summed E-state index contributed by atoms with van der Waals surface area (Å²) in [7, 11) is 0. The lowest BCUT2D eigenvalue weighted by molar-refractivity contribution is -0.137. The molecule has 0 spiro atoms. The van der Waals surface area contributed by atoms with Crippen LogP contribution in [0, 0.1) is 0 Å². The molecule has 1 aromatic carbocycles. The van der Waals surface area contributed by atoms with E-state index < -0.39 is 12.0 Å². The predicted molar refractivity (Wildman–Crippen MR) is 59.5 cm³/mol. The average Bonchev–Trinajstić information content (AvgIpc) is 2.16. The highest BCUT2D eigenvalue weighted by Crippen LogP contribution is 2.15. The number of carboxylic acids is 1. The quantitative estimate of drug-likeness (QED) is 0.872. The van der Waals surface area contributed by atoms with Gasteiger partial charge in [-0.3, -0.25) is 0 Å². The molecule has 0 aliphatic rings. The molecule has 14 heavy (non-hydrogen) atoms. The van der Waals surface area contributed by atoms with Crippen molar-refractivity contribution in [3.8, 4) is 0 Å². The van der Waals surface area contributed by atoms with E-state index in [4.69, 9.17) is 5.11 Å². The fraction of sp³-hybridized carbons (Fsp3) is 0.300. The highest BCUT2D eigenvalue weighted by Gasteiger charge is 2.13. The van der Waals surface area contributed by atoms with Gasteiger partial charge in [0.1, 0.15) is 6.04 Å². The predicted octanol–water partition coefficient (Wildman–Crippen LogP) is 2.72. The molecule has 76 valence electrons. The molecule has 0 aliphatic heterocycles. The number of rotatable bonds is 4. The number of anilines is 1. The molecule has 0 fully saturated rings. The Balaban J connectivity index is 2.67. The zero-order valence-electron chi connectivity index (χ0n) is 7.83. The second-order valence-electron chi connectivity index (χ2n) is 2.95. The normalized spacial score (nSPS) is 12.1. The maximum atomic E-state index is 10.7. The monoisotopic (exact) mass is 257 g/mol. The molecule has 1 rings (SSSR count). The van der Waals surface area contributed by atoms with Crippen LogP contribution < -0.4 is 5.32 Å². The first-order valence-electron chi connectivity index (χ1n) is 4.38. The summed E-state index contributed by atoms with van der Waals surface area (Å²) < 4.78 is 0.978. The summed E-state index contributed by atoms with van der Waals surface area (Å²) in [5.74, 6) is -0.824. The van der Waals surface area contributed by atoms with Gasteiger partial charge < -0.3 is 10.4 Å². The van der Waals surface area contributed by atoms with E-state index in [-0.39, 0.29) is 0 Å². The molecule has 0 bridgehead atoms. The van der Waals surface area contributed by atoms with Gasteiger partial charge in [0.25, 0.3) is 0 Å². The molecule has 1 aromatic rings. The molecule has 0 aromatic heterocycles. The summed E-state index contributed by atoms with van der Waals surface area (Å²) in [6.07, 6.45) is 0.561. The summed E-state index contributed by atoms with van der Waals surface area (Å²) >= 11 is 3.31. The molecule has 2 N–H and O–H groups in total. The summed E-state index contributed by atoms with van der Waals surface area (Å²) in [6, 6.07) is 6.91. The van der Waals surface area contributed by atoms with Crippen LogP contribution in [-0.2, 0) is 4.79 Å². The Morgan fingerprint density at radius 1 is 1.50 bits per heavy atom. The third kappa shape index (κ3) is 3.03. The first kappa shape index (κ1) is 11.0. The summed E-state index contributed by atoms with van der Waals surface area (Å²) in [5, 5.41) is 11.8. The molecule has 1 unspecified atom stereocenters. The van der Waals surface area contributed by atoms with Crippen molar-refractivity contribution >= 4 is 27.6 Å². The average molecular weight is 258 g/mol. The smallest absolute Gasteiger partial charge is 0.326 e. The lowest BCUT2D eigenvalue weighted by atomic mass is 10.2. The van der Waals surface area contributed by atoms with Crippen molar-refractivity contribution in [3.63, 3.8) is 0 Å². The number of carbonyl (C=O) groups is 1. The van der Waals surface area contributed by atoms with Crippen LogP contribution in [0.5, 0.6) is 0 Å². The molecule has 0 radical (unpaired) electrons. The van der Waals surface area contributed by atoms with Crippen molar-refractivity contribution < 1.29 is 9.90 Å². The van der Waals surface area contributed by atoms with E-state index in [1.807, 2.05) is 31.2 Å². The van der Waals surface area contributed by atoms with Gasteiger partial charge in [0.2, 0.25) is 0 Å². The fourth-order valence-electron chi connectivity index (χ4n) is 1.09. The van der Waals surface area contributed by atoms with Crippen LogP contribution in [0.25, 0.3) is 0 Å². The molecule has 0 saturated heterocycles. The molecular formula is C10H12BrNO2. The minimum atomic E-state index is -0.824. The maximum absolute atomic E-state index is 10.7. The third-order valence-electron chi connectivity index (χ3n) is 1.89. The minimum Gasteiger partial charge on any atom is -0.480 e. The van der Waals surface area contributed by atoms with Gasteiger partial charge in [-0.2, -0.15) is 0 Å². The van der Waals surface area contributed by atoms with E-state index in [9.17, 15) is 4.79 Å².